The Morgan fingerprint density at radius 3 is 2.82 bits per heavy atom. The van der Waals surface area contributed by atoms with Gasteiger partial charge in [-0.25, -0.2) is 4.39 Å². The molecular formula is C13H15FO3. The molecule has 0 saturated heterocycles. The Bertz CT molecular complexity index is 443. The molecule has 0 aromatic heterocycles. The Morgan fingerprint density at radius 2 is 2.12 bits per heavy atom. The third-order valence-corrected chi connectivity index (χ3v) is 2.97. The molecule has 0 spiro atoms. The molecule has 92 valence electrons. The fraction of sp³-hybridized carbons (Fsp3) is 0.462. The highest BCUT2D eigenvalue weighted by Crippen LogP contribution is 2.35. The average Bonchev–Trinajstić information content (AvgIpc) is 2.38. The summed E-state index contributed by atoms with van der Waals surface area (Å²) in [7, 11) is 0. The number of hydrogen-bond acceptors (Lipinski definition) is 3. The molecule has 2 rings (SSSR count). The first-order chi connectivity index (χ1) is 8.15. The molecule has 3 nitrogen and oxygen atoms in total. The van der Waals surface area contributed by atoms with Crippen molar-refractivity contribution in [3.8, 4) is 11.5 Å². The molecular weight excluding hydrogens is 223 g/mol. The Labute approximate surface area is 99.5 Å². The van der Waals surface area contributed by atoms with Gasteiger partial charge in [0.05, 0.1) is 5.56 Å². The normalized spacial score (nSPS) is 15.5. The van der Waals surface area contributed by atoms with Crippen LogP contribution in [0.4, 0.5) is 4.39 Å². The SMILES string of the molecule is CC[C@@H](C)C(=O)c1ccc2c(c1F)OCCO2. The van der Waals surface area contributed by atoms with E-state index >= 15 is 0 Å². The monoisotopic (exact) mass is 238 g/mol. The zero-order chi connectivity index (χ0) is 12.4. The Balaban J connectivity index is 2.40. The topological polar surface area (TPSA) is 35.5 Å². The first-order valence-corrected chi connectivity index (χ1v) is 5.77. The van der Waals surface area contributed by atoms with E-state index in [0.29, 0.717) is 25.4 Å². The molecule has 17 heavy (non-hydrogen) atoms. The molecule has 1 aromatic carbocycles. The van der Waals surface area contributed by atoms with Crippen molar-refractivity contribution in [1.82, 2.24) is 0 Å². The van der Waals surface area contributed by atoms with Gasteiger partial charge in [-0.2, -0.15) is 0 Å². The van der Waals surface area contributed by atoms with Gasteiger partial charge in [0.2, 0.25) is 0 Å². The van der Waals surface area contributed by atoms with E-state index in [0.717, 1.165) is 0 Å². The second kappa shape index (κ2) is 4.73. The number of hydrogen-bond donors (Lipinski definition) is 0. The lowest BCUT2D eigenvalue weighted by atomic mass is 9.96. The molecule has 0 bridgehead atoms. The quantitative estimate of drug-likeness (QED) is 0.759. The lowest BCUT2D eigenvalue weighted by molar-refractivity contribution is 0.0920. The van der Waals surface area contributed by atoms with E-state index < -0.39 is 5.82 Å². The number of halogens is 1. The molecule has 1 atom stereocenters. The first-order valence-electron chi connectivity index (χ1n) is 5.77. The smallest absolute Gasteiger partial charge is 0.197 e. The maximum atomic E-state index is 14.1. The average molecular weight is 238 g/mol. The summed E-state index contributed by atoms with van der Waals surface area (Å²) in [6.07, 6.45) is 0.687. The summed E-state index contributed by atoms with van der Waals surface area (Å²) in [6, 6.07) is 3.06. The number of carbonyl (C=O) groups is 1. The predicted molar refractivity (Wildman–Crippen MR) is 61.2 cm³/mol. The molecule has 1 aromatic rings. The summed E-state index contributed by atoms with van der Waals surface area (Å²) in [4.78, 5) is 11.9. The van der Waals surface area contributed by atoms with Crippen LogP contribution in [0.25, 0.3) is 0 Å². The van der Waals surface area contributed by atoms with Crippen LogP contribution in [0.1, 0.15) is 30.6 Å². The maximum absolute atomic E-state index is 14.1. The minimum atomic E-state index is -0.604. The lowest BCUT2D eigenvalue weighted by Gasteiger charge is -2.20. The standard InChI is InChI=1S/C13H15FO3/c1-3-8(2)12(15)9-4-5-10-13(11(9)14)17-7-6-16-10/h4-5,8H,3,6-7H2,1-2H3/t8-/m1/s1. The Kier molecular flexibility index (Phi) is 3.31. The molecule has 0 aliphatic carbocycles. The van der Waals surface area contributed by atoms with Gasteiger partial charge in [-0.15, -0.1) is 0 Å². The van der Waals surface area contributed by atoms with Crippen LogP contribution in [0.15, 0.2) is 12.1 Å². The number of ether oxygens (including phenoxy) is 2. The predicted octanol–water partition coefficient (Wildman–Crippen LogP) is 2.83. The molecule has 1 heterocycles. The highest BCUT2D eigenvalue weighted by Gasteiger charge is 2.24. The van der Waals surface area contributed by atoms with E-state index in [-0.39, 0.29) is 23.0 Å². The van der Waals surface area contributed by atoms with Gasteiger partial charge < -0.3 is 9.47 Å². The van der Waals surface area contributed by atoms with Crippen molar-refractivity contribution >= 4 is 5.78 Å². The van der Waals surface area contributed by atoms with Crippen molar-refractivity contribution < 1.29 is 18.7 Å². The van der Waals surface area contributed by atoms with Crippen LogP contribution in [0.5, 0.6) is 11.5 Å². The van der Waals surface area contributed by atoms with Crippen molar-refractivity contribution in [1.29, 1.82) is 0 Å². The number of fused-ring (bicyclic) bond motifs is 1. The summed E-state index contributed by atoms with van der Waals surface area (Å²) in [5.41, 5.74) is 0.0867. The minimum absolute atomic E-state index is 0.0606. The van der Waals surface area contributed by atoms with Gasteiger partial charge in [0.1, 0.15) is 13.2 Å². The van der Waals surface area contributed by atoms with Crippen molar-refractivity contribution in [3.63, 3.8) is 0 Å². The zero-order valence-corrected chi connectivity index (χ0v) is 9.96. The van der Waals surface area contributed by atoms with Gasteiger partial charge in [0.25, 0.3) is 0 Å². The van der Waals surface area contributed by atoms with Gasteiger partial charge in [0.15, 0.2) is 23.1 Å². The summed E-state index contributed by atoms with van der Waals surface area (Å²) in [5.74, 6) is -0.554. The van der Waals surface area contributed by atoms with E-state index in [1.54, 1.807) is 13.0 Å². The summed E-state index contributed by atoms with van der Waals surface area (Å²) in [5, 5.41) is 0. The van der Waals surface area contributed by atoms with Crippen LogP contribution in [-0.4, -0.2) is 19.0 Å². The summed E-state index contributed by atoms with van der Waals surface area (Å²) >= 11 is 0. The van der Waals surface area contributed by atoms with Gasteiger partial charge >= 0.3 is 0 Å². The molecule has 1 aliphatic heterocycles. The van der Waals surface area contributed by atoms with E-state index in [1.165, 1.54) is 6.07 Å². The molecule has 0 fully saturated rings. The van der Waals surface area contributed by atoms with Crippen molar-refractivity contribution in [2.45, 2.75) is 20.3 Å². The van der Waals surface area contributed by atoms with Crippen LogP contribution >= 0.6 is 0 Å². The highest BCUT2D eigenvalue weighted by molar-refractivity contribution is 5.98. The fourth-order valence-corrected chi connectivity index (χ4v) is 1.72. The second-order valence-corrected chi connectivity index (χ2v) is 4.12. The Morgan fingerprint density at radius 1 is 1.41 bits per heavy atom. The fourth-order valence-electron chi connectivity index (χ4n) is 1.72. The molecule has 1 aliphatic rings. The van der Waals surface area contributed by atoms with Crippen LogP contribution in [0, 0.1) is 11.7 Å². The van der Waals surface area contributed by atoms with Gasteiger partial charge in [-0.1, -0.05) is 13.8 Å². The van der Waals surface area contributed by atoms with Crippen LogP contribution in [0.2, 0.25) is 0 Å². The number of benzene rings is 1. The molecule has 0 radical (unpaired) electrons. The minimum Gasteiger partial charge on any atom is -0.486 e. The number of ketones is 1. The van der Waals surface area contributed by atoms with Crippen molar-refractivity contribution in [2.75, 3.05) is 13.2 Å². The second-order valence-electron chi connectivity index (χ2n) is 4.12. The summed E-state index contributed by atoms with van der Waals surface area (Å²) in [6.45, 7) is 4.41. The largest absolute Gasteiger partial charge is 0.486 e. The lowest BCUT2D eigenvalue weighted by Crippen LogP contribution is -2.19. The van der Waals surface area contributed by atoms with Gasteiger partial charge in [-0.05, 0) is 18.6 Å². The van der Waals surface area contributed by atoms with Crippen LogP contribution in [0.3, 0.4) is 0 Å². The summed E-state index contributed by atoms with van der Waals surface area (Å²) < 4.78 is 24.5. The van der Waals surface area contributed by atoms with E-state index in [2.05, 4.69) is 0 Å². The van der Waals surface area contributed by atoms with Gasteiger partial charge in [-0.3, -0.25) is 4.79 Å². The van der Waals surface area contributed by atoms with E-state index in [9.17, 15) is 9.18 Å². The molecule has 0 saturated carbocycles. The molecule has 0 amide bonds. The van der Waals surface area contributed by atoms with Crippen LogP contribution < -0.4 is 9.47 Å². The van der Waals surface area contributed by atoms with Gasteiger partial charge in [0, 0.05) is 5.92 Å². The molecule has 0 unspecified atom stereocenters. The number of Topliss-reactive ketones (excluding diaryl/α,β-unsaturated/α-hetero) is 1. The maximum Gasteiger partial charge on any atom is 0.197 e. The zero-order valence-electron chi connectivity index (χ0n) is 9.96. The van der Waals surface area contributed by atoms with Crippen molar-refractivity contribution in [3.05, 3.63) is 23.5 Å². The number of carbonyl (C=O) groups excluding carboxylic acids is 1. The van der Waals surface area contributed by atoms with E-state index in [4.69, 9.17) is 9.47 Å². The third kappa shape index (κ3) is 2.12. The highest BCUT2D eigenvalue weighted by atomic mass is 19.1. The Hall–Kier alpha value is -1.58. The first kappa shape index (κ1) is 11.9. The van der Waals surface area contributed by atoms with Crippen molar-refractivity contribution in [2.24, 2.45) is 5.92 Å². The molecule has 0 N–H and O–H groups in total. The van der Waals surface area contributed by atoms with Crippen LogP contribution in [-0.2, 0) is 0 Å². The molecule has 4 heteroatoms. The number of rotatable bonds is 3. The third-order valence-electron chi connectivity index (χ3n) is 2.97. The van der Waals surface area contributed by atoms with E-state index in [1.807, 2.05) is 6.92 Å².